The second kappa shape index (κ2) is 7.11. The minimum absolute atomic E-state index is 0.316. The van der Waals surface area contributed by atoms with Gasteiger partial charge < -0.3 is 10.1 Å². The van der Waals surface area contributed by atoms with Gasteiger partial charge >= 0.3 is 0 Å². The van der Waals surface area contributed by atoms with Crippen molar-refractivity contribution in [2.24, 2.45) is 0 Å². The van der Waals surface area contributed by atoms with E-state index >= 15 is 0 Å². The lowest BCUT2D eigenvalue weighted by Gasteiger charge is -2.13. The first-order chi connectivity index (χ1) is 9.60. The van der Waals surface area contributed by atoms with Crippen LogP contribution >= 0.6 is 27.5 Å². The summed E-state index contributed by atoms with van der Waals surface area (Å²) < 4.78 is 6.78. The molecule has 0 amide bonds. The maximum Gasteiger partial charge on any atom is 0.134 e. The maximum absolute atomic E-state index is 5.86. The van der Waals surface area contributed by atoms with Crippen molar-refractivity contribution in [3.05, 3.63) is 63.1 Å². The minimum atomic E-state index is 0.316. The highest BCUT2D eigenvalue weighted by molar-refractivity contribution is 9.10. The standard InChI is InChI=1S/C16H17BrClNO/c1-11(19-2)13-5-8-16(15(17)9-13)20-10-12-3-6-14(18)7-4-12/h3-9,11,19H,10H2,1-2H3. The Bertz CT molecular complexity index is 571. The number of ether oxygens (including phenoxy) is 1. The molecule has 4 heteroatoms. The fourth-order valence-corrected chi connectivity index (χ4v) is 2.45. The average Bonchev–Trinajstić information content (AvgIpc) is 2.46. The number of hydrogen-bond donors (Lipinski definition) is 1. The maximum atomic E-state index is 5.86. The molecule has 0 heterocycles. The fourth-order valence-electron chi connectivity index (χ4n) is 1.81. The first-order valence-electron chi connectivity index (χ1n) is 6.44. The van der Waals surface area contributed by atoms with E-state index in [4.69, 9.17) is 16.3 Å². The molecule has 0 aliphatic carbocycles. The predicted molar refractivity (Wildman–Crippen MR) is 87.4 cm³/mol. The van der Waals surface area contributed by atoms with E-state index in [1.165, 1.54) is 5.56 Å². The molecule has 0 spiro atoms. The van der Waals surface area contributed by atoms with E-state index in [9.17, 15) is 0 Å². The molecule has 1 N–H and O–H groups in total. The zero-order valence-corrected chi connectivity index (χ0v) is 13.8. The van der Waals surface area contributed by atoms with Gasteiger partial charge in [0.15, 0.2) is 0 Å². The normalized spacial score (nSPS) is 12.2. The van der Waals surface area contributed by atoms with E-state index in [0.29, 0.717) is 12.6 Å². The SMILES string of the molecule is CNC(C)c1ccc(OCc2ccc(Cl)cc2)c(Br)c1. The minimum Gasteiger partial charge on any atom is -0.488 e. The van der Waals surface area contributed by atoms with Gasteiger partial charge in [-0.2, -0.15) is 0 Å². The quantitative estimate of drug-likeness (QED) is 0.819. The number of halogens is 2. The van der Waals surface area contributed by atoms with E-state index in [1.54, 1.807) is 0 Å². The molecule has 0 radical (unpaired) electrons. The van der Waals surface area contributed by atoms with Crippen LogP contribution in [0, 0.1) is 0 Å². The third-order valence-corrected chi connectivity index (χ3v) is 4.07. The lowest BCUT2D eigenvalue weighted by atomic mass is 10.1. The first-order valence-corrected chi connectivity index (χ1v) is 7.61. The van der Waals surface area contributed by atoms with Gasteiger partial charge in [-0.3, -0.25) is 0 Å². The molecule has 0 aromatic heterocycles. The topological polar surface area (TPSA) is 21.3 Å². The fraction of sp³-hybridized carbons (Fsp3) is 0.250. The van der Waals surface area contributed by atoms with Crippen LogP contribution in [0.2, 0.25) is 5.02 Å². The number of benzene rings is 2. The van der Waals surface area contributed by atoms with Crippen molar-refractivity contribution < 1.29 is 4.74 Å². The lowest BCUT2D eigenvalue weighted by molar-refractivity contribution is 0.304. The van der Waals surface area contributed by atoms with Crippen LogP contribution in [0.5, 0.6) is 5.75 Å². The number of rotatable bonds is 5. The molecule has 0 saturated carbocycles. The van der Waals surface area contributed by atoms with Crippen LogP contribution < -0.4 is 10.1 Å². The highest BCUT2D eigenvalue weighted by Crippen LogP contribution is 2.29. The van der Waals surface area contributed by atoms with Crippen molar-refractivity contribution in [1.29, 1.82) is 0 Å². The van der Waals surface area contributed by atoms with Gasteiger partial charge in [-0.15, -0.1) is 0 Å². The van der Waals surface area contributed by atoms with Crippen molar-refractivity contribution in [2.45, 2.75) is 19.6 Å². The van der Waals surface area contributed by atoms with Crippen LogP contribution in [0.25, 0.3) is 0 Å². The summed E-state index contributed by atoms with van der Waals surface area (Å²) in [5.41, 5.74) is 2.31. The van der Waals surface area contributed by atoms with Gasteiger partial charge in [0.25, 0.3) is 0 Å². The largest absolute Gasteiger partial charge is 0.488 e. The smallest absolute Gasteiger partial charge is 0.134 e. The molecule has 20 heavy (non-hydrogen) atoms. The number of hydrogen-bond acceptors (Lipinski definition) is 2. The van der Waals surface area contributed by atoms with Gasteiger partial charge in [-0.25, -0.2) is 0 Å². The summed E-state index contributed by atoms with van der Waals surface area (Å²) in [6, 6.07) is 14.1. The van der Waals surface area contributed by atoms with Gasteiger partial charge in [0.2, 0.25) is 0 Å². The molecule has 2 aromatic rings. The van der Waals surface area contributed by atoms with Crippen LogP contribution in [-0.4, -0.2) is 7.05 Å². The van der Waals surface area contributed by atoms with E-state index in [0.717, 1.165) is 20.8 Å². The van der Waals surface area contributed by atoms with Crippen molar-refractivity contribution >= 4 is 27.5 Å². The molecule has 2 rings (SSSR count). The van der Waals surface area contributed by atoms with Crippen LogP contribution in [0.4, 0.5) is 0 Å². The Morgan fingerprint density at radius 2 is 1.90 bits per heavy atom. The summed E-state index contributed by atoms with van der Waals surface area (Å²) >= 11 is 9.42. The highest BCUT2D eigenvalue weighted by Gasteiger charge is 2.07. The van der Waals surface area contributed by atoms with Gasteiger partial charge in [-0.1, -0.05) is 29.8 Å². The summed E-state index contributed by atoms with van der Waals surface area (Å²) in [5, 5.41) is 3.95. The molecular formula is C16H17BrClNO. The number of nitrogens with one attached hydrogen (secondary N) is 1. The summed E-state index contributed by atoms with van der Waals surface area (Å²) in [7, 11) is 1.95. The highest BCUT2D eigenvalue weighted by atomic mass is 79.9. The third-order valence-electron chi connectivity index (χ3n) is 3.20. The predicted octanol–water partition coefficient (Wildman–Crippen LogP) is 4.96. The third kappa shape index (κ3) is 3.98. The van der Waals surface area contributed by atoms with Crippen LogP contribution in [-0.2, 0) is 6.61 Å². The second-order valence-electron chi connectivity index (χ2n) is 4.62. The summed E-state index contributed by atoms with van der Waals surface area (Å²) in [6.45, 7) is 2.65. The zero-order valence-electron chi connectivity index (χ0n) is 11.5. The zero-order chi connectivity index (χ0) is 14.5. The first kappa shape index (κ1) is 15.4. The Balaban J connectivity index is 2.04. The van der Waals surface area contributed by atoms with Crippen LogP contribution in [0.1, 0.15) is 24.1 Å². The van der Waals surface area contributed by atoms with Gasteiger partial charge in [-0.05, 0) is 65.3 Å². The molecule has 2 aromatic carbocycles. The van der Waals surface area contributed by atoms with Gasteiger partial charge in [0, 0.05) is 11.1 Å². The Morgan fingerprint density at radius 1 is 1.20 bits per heavy atom. The van der Waals surface area contributed by atoms with Crippen molar-refractivity contribution in [2.75, 3.05) is 7.05 Å². The molecule has 2 nitrogen and oxygen atoms in total. The molecule has 106 valence electrons. The molecule has 0 fully saturated rings. The summed E-state index contributed by atoms with van der Waals surface area (Å²) in [6.07, 6.45) is 0. The molecule has 1 atom stereocenters. The molecule has 0 bridgehead atoms. The lowest BCUT2D eigenvalue weighted by Crippen LogP contribution is -2.12. The molecule has 0 saturated heterocycles. The van der Waals surface area contributed by atoms with E-state index < -0.39 is 0 Å². The summed E-state index contributed by atoms with van der Waals surface area (Å²) in [5.74, 6) is 0.840. The van der Waals surface area contributed by atoms with E-state index in [2.05, 4.69) is 40.3 Å². The molecule has 0 aliphatic heterocycles. The average molecular weight is 355 g/mol. The van der Waals surface area contributed by atoms with Gasteiger partial charge in [0.1, 0.15) is 12.4 Å². The van der Waals surface area contributed by atoms with Crippen molar-refractivity contribution in [3.63, 3.8) is 0 Å². The van der Waals surface area contributed by atoms with E-state index in [1.807, 2.05) is 37.4 Å². The Hall–Kier alpha value is -1.03. The summed E-state index contributed by atoms with van der Waals surface area (Å²) in [4.78, 5) is 0. The molecule has 1 unspecified atom stereocenters. The Kier molecular flexibility index (Phi) is 5.46. The second-order valence-corrected chi connectivity index (χ2v) is 5.91. The Morgan fingerprint density at radius 3 is 2.50 bits per heavy atom. The van der Waals surface area contributed by atoms with Crippen LogP contribution in [0.3, 0.4) is 0 Å². The molecular weight excluding hydrogens is 338 g/mol. The monoisotopic (exact) mass is 353 g/mol. The Labute approximate surface area is 133 Å². The van der Waals surface area contributed by atoms with Crippen molar-refractivity contribution in [3.8, 4) is 5.75 Å². The van der Waals surface area contributed by atoms with Gasteiger partial charge in [0.05, 0.1) is 4.47 Å². The van der Waals surface area contributed by atoms with Crippen LogP contribution in [0.15, 0.2) is 46.9 Å². The molecule has 0 aliphatic rings. The van der Waals surface area contributed by atoms with E-state index in [-0.39, 0.29) is 0 Å². The van der Waals surface area contributed by atoms with Crippen molar-refractivity contribution in [1.82, 2.24) is 5.32 Å².